The predicted molar refractivity (Wildman–Crippen MR) is 76.0 cm³/mol. The van der Waals surface area contributed by atoms with Crippen molar-refractivity contribution in [3.63, 3.8) is 0 Å². The zero-order valence-corrected chi connectivity index (χ0v) is 12.5. The highest BCUT2D eigenvalue weighted by Crippen LogP contribution is 2.10. The number of carbonyl (C=O) groups is 2. The van der Waals surface area contributed by atoms with Crippen molar-refractivity contribution in [3.8, 4) is 0 Å². The third kappa shape index (κ3) is 5.40. The van der Waals surface area contributed by atoms with Crippen LogP contribution in [0.25, 0.3) is 0 Å². The molecule has 0 saturated heterocycles. The third-order valence-electron chi connectivity index (χ3n) is 2.45. The molecule has 1 aromatic rings. The Morgan fingerprint density at radius 1 is 1.32 bits per heavy atom. The minimum absolute atomic E-state index is 0.234. The number of amides is 2. The van der Waals surface area contributed by atoms with Gasteiger partial charge in [-0.05, 0) is 31.2 Å². The Hall–Kier alpha value is -1.40. The Labute approximate surface area is 120 Å². The molecule has 1 aromatic carbocycles. The van der Waals surface area contributed by atoms with Crippen LogP contribution in [0.1, 0.15) is 17.3 Å². The van der Waals surface area contributed by atoms with Crippen molar-refractivity contribution < 1.29 is 14.3 Å². The van der Waals surface area contributed by atoms with Gasteiger partial charge in [-0.1, -0.05) is 15.9 Å². The van der Waals surface area contributed by atoms with Gasteiger partial charge in [0.15, 0.2) is 0 Å². The number of benzene rings is 1. The van der Waals surface area contributed by atoms with Crippen LogP contribution in [0.5, 0.6) is 0 Å². The van der Waals surface area contributed by atoms with Gasteiger partial charge >= 0.3 is 0 Å². The molecule has 0 aliphatic heterocycles. The van der Waals surface area contributed by atoms with E-state index in [1.165, 1.54) is 0 Å². The van der Waals surface area contributed by atoms with Crippen molar-refractivity contribution in [1.29, 1.82) is 0 Å². The van der Waals surface area contributed by atoms with Gasteiger partial charge < -0.3 is 15.4 Å². The first-order valence-electron chi connectivity index (χ1n) is 5.87. The molecular weight excluding hydrogens is 312 g/mol. The maximum Gasteiger partial charge on any atom is 0.251 e. The van der Waals surface area contributed by atoms with E-state index in [1.807, 2.05) is 0 Å². The molecule has 0 aromatic heterocycles. The Bertz CT molecular complexity index is 434. The van der Waals surface area contributed by atoms with Gasteiger partial charge in [-0.25, -0.2) is 0 Å². The van der Waals surface area contributed by atoms with E-state index in [2.05, 4.69) is 26.6 Å². The second-order valence-corrected chi connectivity index (χ2v) is 4.90. The second-order valence-electron chi connectivity index (χ2n) is 3.99. The molecule has 0 saturated carbocycles. The van der Waals surface area contributed by atoms with Crippen LogP contribution in [0.2, 0.25) is 0 Å². The smallest absolute Gasteiger partial charge is 0.251 e. The fourth-order valence-corrected chi connectivity index (χ4v) is 1.64. The molecule has 0 fully saturated rings. The van der Waals surface area contributed by atoms with Crippen LogP contribution >= 0.6 is 15.9 Å². The summed E-state index contributed by atoms with van der Waals surface area (Å²) < 4.78 is 5.72. The summed E-state index contributed by atoms with van der Waals surface area (Å²) in [5, 5.41) is 5.30. The number of nitrogens with one attached hydrogen (secondary N) is 2. The lowest BCUT2D eigenvalue weighted by molar-refractivity contribution is -0.122. The van der Waals surface area contributed by atoms with Crippen molar-refractivity contribution in [3.05, 3.63) is 34.3 Å². The summed E-state index contributed by atoms with van der Waals surface area (Å²) in [6.45, 7) is 2.51. The molecule has 5 nitrogen and oxygen atoms in total. The molecule has 0 bridgehead atoms. The topological polar surface area (TPSA) is 67.4 Å². The Morgan fingerprint density at radius 2 is 1.95 bits per heavy atom. The maximum absolute atomic E-state index is 11.9. The molecule has 2 amide bonds. The Balaban J connectivity index is 2.47. The van der Waals surface area contributed by atoms with E-state index in [9.17, 15) is 9.59 Å². The van der Waals surface area contributed by atoms with Gasteiger partial charge in [0.25, 0.3) is 5.91 Å². The molecule has 1 unspecified atom stereocenters. The highest BCUT2D eigenvalue weighted by atomic mass is 79.9. The summed E-state index contributed by atoms with van der Waals surface area (Å²) in [5.74, 6) is -0.510. The van der Waals surface area contributed by atoms with Crippen LogP contribution in [-0.2, 0) is 9.53 Å². The molecule has 19 heavy (non-hydrogen) atoms. The highest BCUT2D eigenvalue weighted by Gasteiger charge is 2.15. The molecule has 1 rings (SSSR count). The van der Waals surface area contributed by atoms with Crippen LogP contribution in [0.3, 0.4) is 0 Å². The van der Waals surface area contributed by atoms with Crippen LogP contribution in [0, 0.1) is 0 Å². The SMILES string of the molecule is COCCNC(=O)C(C)NC(=O)c1ccc(Br)cc1. The number of hydrogen-bond acceptors (Lipinski definition) is 3. The van der Waals surface area contributed by atoms with Gasteiger partial charge in [0, 0.05) is 23.7 Å². The molecule has 6 heteroatoms. The lowest BCUT2D eigenvalue weighted by Gasteiger charge is -2.14. The van der Waals surface area contributed by atoms with E-state index < -0.39 is 6.04 Å². The third-order valence-corrected chi connectivity index (χ3v) is 2.98. The van der Waals surface area contributed by atoms with Crippen molar-refractivity contribution in [2.24, 2.45) is 0 Å². The number of methoxy groups -OCH3 is 1. The Morgan fingerprint density at radius 3 is 2.53 bits per heavy atom. The molecule has 0 spiro atoms. The summed E-state index contributed by atoms with van der Waals surface area (Å²) in [5.41, 5.74) is 0.514. The first-order valence-corrected chi connectivity index (χ1v) is 6.67. The molecule has 0 radical (unpaired) electrons. The minimum atomic E-state index is -0.590. The van der Waals surface area contributed by atoms with Crippen LogP contribution in [0.4, 0.5) is 0 Å². The summed E-state index contributed by atoms with van der Waals surface area (Å²) in [6, 6.07) is 6.34. The average molecular weight is 329 g/mol. The fourth-order valence-electron chi connectivity index (χ4n) is 1.38. The van der Waals surface area contributed by atoms with E-state index in [-0.39, 0.29) is 11.8 Å². The first-order chi connectivity index (χ1) is 9.04. The van der Waals surface area contributed by atoms with Crippen molar-refractivity contribution >= 4 is 27.7 Å². The van der Waals surface area contributed by atoms with Gasteiger partial charge in [-0.3, -0.25) is 9.59 Å². The lowest BCUT2D eigenvalue weighted by Crippen LogP contribution is -2.45. The molecule has 104 valence electrons. The maximum atomic E-state index is 11.9. The van der Waals surface area contributed by atoms with Crippen molar-refractivity contribution in [2.75, 3.05) is 20.3 Å². The van der Waals surface area contributed by atoms with Crippen LogP contribution < -0.4 is 10.6 Å². The van der Waals surface area contributed by atoms with E-state index in [1.54, 1.807) is 38.3 Å². The predicted octanol–water partition coefficient (Wildman–Crippen LogP) is 1.33. The highest BCUT2D eigenvalue weighted by molar-refractivity contribution is 9.10. The monoisotopic (exact) mass is 328 g/mol. The summed E-state index contributed by atoms with van der Waals surface area (Å²) in [6.07, 6.45) is 0. The quantitative estimate of drug-likeness (QED) is 0.774. The summed E-state index contributed by atoms with van der Waals surface area (Å²) >= 11 is 3.30. The van der Waals surface area contributed by atoms with Gasteiger partial charge in [0.1, 0.15) is 6.04 Å². The molecule has 1 atom stereocenters. The second kappa shape index (κ2) is 7.91. The average Bonchev–Trinajstić information content (AvgIpc) is 2.39. The molecule has 0 aliphatic rings. The molecule has 0 heterocycles. The minimum Gasteiger partial charge on any atom is -0.383 e. The number of hydrogen-bond donors (Lipinski definition) is 2. The normalized spacial score (nSPS) is 11.7. The zero-order chi connectivity index (χ0) is 14.3. The summed E-state index contributed by atoms with van der Waals surface area (Å²) in [4.78, 5) is 23.5. The molecular formula is C13H17BrN2O3. The summed E-state index contributed by atoms with van der Waals surface area (Å²) in [7, 11) is 1.56. The molecule has 2 N–H and O–H groups in total. The van der Waals surface area contributed by atoms with Gasteiger partial charge in [0.2, 0.25) is 5.91 Å². The van der Waals surface area contributed by atoms with E-state index in [0.29, 0.717) is 18.7 Å². The van der Waals surface area contributed by atoms with E-state index in [4.69, 9.17) is 4.74 Å². The van der Waals surface area contributed by atoms with Gasteiger partial charge in [-0.2, -0.15) is 0 Å². The number of rotatable bonds is 6. The van der Waals surface area contributed by atoms with Gasteiger partial charge in [-0.15, -0.1) is 0 Å². The van der Waals surface area contributed by atoms with Crippen LogP contribution in [-0.4, -0.2) is 38.1 Å². The number of halogens is 1. The first kappa shape index (κ1) is 15.7. The fraction of sp³-hybridized carbons (Fsp3) is 0.385. The van der Waals surface area contributed by atoms with Crippen LogP contribution in [0.15, 0.2) is 28.7 Å². The zero-order valence-electron chi connectivity index (χ0n) is 10.9. The Kier molecular flexibility index (Phi) is 6.52. The molecule has 0 aliphatic carbocycles. The van der Waals surface area contributed by atoms with Gasteiger partial charge in [0.05, 0.1) is 6.61 Å². The standard InChI is InChI=1S/C13H17BrN2O3/c1-9(12(17)15-7-8-19-2)16-13(18)10-3-5-11(14)6-4-10/h3-6,9H,7-8H2,1-2H3,(H,15,17)(H,16,18). The van der Waals surface area contributed by atoms with E-state index in [0.717, 1.165) is 4.47 Å². The van der Waals surface area contributed by atoms with E-state index >= 15 is 0 Å². The number of carbonyl (C=O) groups excluding carboxylic acids is 2. The number of ether oxygens (including phenoxy) is 1. The van der Waals surface area contributed by atoms with Crippen molar-refractivity contribution in [2.45, 2.75) is 13.0 Å². The van der Waals surface area contributed by atoms with Crippen molar-refractivity contribution in [1.82, 2.24) is 10.6 Å². The lowest BCUT2D eigenvalue weighted by atomic mass is 10.2. The largest absolute Gasteiger partial charge is 0.383 e.